The number of hydrogen-bond donors (Lipinski definition) is 1. The third-order valence-electron chi connectivity index (χ3n) is 2.73. The highest BCUT2D eigenvalue weighted by atomic mass is 35.5. The lowest BCUT2D eigenvalue weighted by molar-refractivity contribution is 0.0985. The maximum Gasteiger partial charge on any atom is 0.180 e. The fourth-order valence-corrected chi connectivity index (χ4v) is 1.88. The molecule has 18 heavy (non-hydrogen) atoms. The smallest absolute Gasteiger partial charge is 0.180 e. The van der Waals surface area contributed by atoms with Crippen LogP contribution in [0.15, 0.2) is 12.1 Å². The van der Waals surface area contributed by atoms with Gasteiger partial charge in [-0.2, -0.15) is 0 Å². The summed E-state index contributed by atoms with van der Waals surface area (Å²) >= 11 is 6.14. The quantitative estimate of drug-likeness (QED) is 0.806. The van der Waals surface area contributed by atoms with Crippen LogP contribution >= 0.6 is 11.6 Å². The van der Waals surface area contributed by atoms with E-state index in [-0.39, 0.29) is 11.9 Å². The maximum atomic E-state index is 11.8. The summed E-state index contributed by atoms with van der Waals surface area (Å²) in [5.74, 6) is 0.969. The van der Waals surface area contributed by atoms with Gasteiger partial charge in [-0.3, -0.25) is 4.79 Å². The minimum absolute atomic E-state index is 0.0457. The van der Waals surface area contributed by atoms with E-state index in [1.165, 1.54) is 7.11 Å². The Balaban J connectivity index is 2.29. The summed E-state index contributed by atoms with van der Waals surface area (Å²) in [7, 11) is 1.53. The highest BCUT2D eigenvalue weighted by Crippen LogP contribution is 2.40. The molecule has 0 radical (unpaired) electrons. The number of ether oxygens (including phenoxy) is 2. The molecule has 0 bridgehead atoms. The molecule has 0 amide bonds. The molecule has 0 spiro atoms. The topological polar surface area (TPSA) is 61.5 Å². The summed E-state index contributed by atoms with van der Waals surface area (Å²) in [5.41, 5.74) is 5.87. The first-order chi connectivity index (χ1) is 8.65. The van der Waals surface area contributed by atoms with E-state index in [0.29, 0.717) is 35.1 Å². The van der Waals surface area contributed by atoms with Crippen LogP contribution in [0.4, 0.5) is 0 Å². The monoisotopic (exact) mass is 269 g/mol. The highest BCUT2D eigenvalue weighted by molar-refractivity contribution is 6.32. The second kappa shape index (κ2) is 5.59. The van der Waals surface area contributed by atoms with Crippen molar-refractivity contribution >= 4 is 17.4 Å². The predicted molar refractivity (Wildman–Crippen MR) is 69.7 cm³/mol. The van der Waals surface area contributed by atoms with Crippen LogP contribution in [0.1, 0.15) is 29.6 Å². The van der Waals surface area contributed by atoms with Gasteiger partial charge in [0.2, 0.25) is 0 Å². The number of rotatable bonds is 6. The number of nitrogens with two attached hydrogens (primary N) is 1. The second-order valence-corrected chi connectivity index (χ2v) is 4.68. The van der Waals surface area contributed by atoms with E-state index < -0.39 is 0 Å². The molecule has 1 aromatic rings. The summed E-state index contributed by atoms with van der Waals surface area (Å²) in [6, 6.07) is 3.27. The van der Waals surface area contributed by atoms with Crippen molar-refractivity contribution in [3.63, 3.8) is 0 Å². The molecule has 1 aliphatic carbocycles. The van der Waals surface area contributed by atoms with Crippen molar-refractivity contribution in [1.82, 2.24) is 0 Å². The van der Waals surface area contributed by atoms with Crippen LogP contribution in [0.3, 0.4) is 0 Å². The van der Waals surface area contributed by atoms with Crippen LogP contribution in [-0.2, 0) is 0 Å². The average Bonchev–Trinajstić information content (AvgIpc) is 3.15. The van der Waals surface area contributed by atoms with Gasteiger partial charge in [0.05, 0.1) is 18.2 Å². The number of hydrogen-bond acceptors (Lipinski definition) is 4. The highest BCUT2D eigenvalue weighted by Gasteiger charge is 2.26. The molecule has 0 unspecified atom stereocenters. The fraction of sp³-hybridized carbons (Fsp3) is 0.462. The van der Waals surface area contributed by atoms with Crippen LogP contribution in [0.25, 0.3) is 0 Å². The molecule has 2 rings (SSSR count). The Morgan fingerprint density at radius 1 is 1.50 bits per heavy atom. The minimum Gasteiger partial charge on any atom is -0.493 e. The van der Waals surface area contributed by atoms with Crippen molar-refractivity contribution in [2.24, 2.45) is 5.73 Å². The van der Waals surface area contributed by atoms with Gasteiger partial charge in [0.1, 0.15) is 0 Å². The lowest BCUT2D eigenvalue weighted by Gasteiger charge is -2.13. The van der Waals surface area contributed by atoms with Gasteiger partial charge in [-0.1, -0.05) is 11.6 Å². The van der Waals surface area contributed by atoms with Crippen molar-refractivity contribution < 1.29 is 14.3 Å². The maximum absolute atomic E-state index is 11.8. The van der Waals surface area contributed by atoms with Gasteiger partial charge in [-0.15, -0.1) is 0 Å². The summed E-state index contributed by atoms with van der Waals surface area (Å²) in [4.78, 5) is 11.8. The molecule has 1 aromatic carbocycles. The molecule has 0 aromatic heterocycles. The third kappa shape index (κ3) is 2.94. The lowest BCUT2D eigenvalue weighted by Crippen LogP contribution is -2.09. The summed E-state index contributed by atoms with van der Waals surface area (Å²) in [6.45, 7) is 0.319. The molecule has 2 N–H and O–H groups in total. The van der Waals surface area contributed by atoms with Crippen molar-refractivity contribution in [3.8, 4) is 11.5 Å². The number of benzene rings is 1. The van der Waals surface area contributed by atoms with E-state index in [1.807, 2.05) is 0 Å². The van der Waals surface area contributed by atoms with Crippen molar-refractivity contribution in [3.05, 3.63) is 22.7 Å². The Labute approximate surface area is 111 Å². The molecule has 1 fully saturated rings. The van der Waals surface area contributed by atoms with E-state index in [2.05, 4.69) is 0 Å². The molecular formula is C13H16ClNO3. The fourth-order valence-electron chi connectivity index (χ4n) is 1.62. The van der Waals surface area contributed by atoms with Gasteiger partial charge >= 0.3 is 0 Å². The van der Waals surface area contributed by atoms with E-state index in [9.17, 15) is 4.79 Å². The van der Waals surface area contributed by atoms with Crippen LogP contribution in [0, 0.1) is 0 Å². The molecule has 4 nitrogen and oxygen atoms in total. The zero-order chi connectivity index (χ0) is 13.1. The second-order valence-electron chi connectivity index (χ2n) is 4.27. The van der Waals surface area contributed by atoms with Gasteiger partial charge in [0.15, 0.2) is 17.3 Å². The van der Waals surface area contributed by atoms with Crippen LogP contribution < -0.4 is 15.2 Å². The number of ketones is 1. The summed E-state index contributed by atoms with van der Waals surface area (Å²) < 4.78 is 10.9. The minimum atomic E-state index is -0.0457. The molecule has 5 heteroatoms. The predicted octanol–water partition coefficient (Wildman–Crippen LogP) is 2.42. The van der Waals surface area contributed by atoms with Gasteiger partial charge in [-0.05, 0) is 31.5 Å². The SMILES string of the molecule is COc1cc(C(=O)CCN)cc(Cl)c1OC1CC1. The Morgan fingerprint density at radius 3 is 2.78 bits per heavy atom. The molecule has 1 saturated carbocycles. The van der Waals surface area contributed by atoms with E-state index in [1.54, 1.807) is 12.1 Å². The van der Waals surface area contributed by atoms with Gasteiger partial charge in [-0.25, -0.2) is 0 Å². The molecule has 0 atom stereocenters. The Hall–Kier alpha value is -1.26. The first kappa shape index (κ1) is 13.2. The normalized spacial score (nSPS) is 14.4. The zero-order valence-electron chi connectivity index (χ0n) is 10.2. The summed E-state index contributed by atoms with van der Waals surface area (Å²) in [6.07, 6.45) is 2.59. The summed E-state index contributed by atoms with van der Waals surface area (Å²) in [5, 5.41) is 0.404. The standard InChI is InChI=1S/C13H16ClNO3/c1-17-12-7-8(11(16)4-5-15)6-10(14)13(12)18-9-2-3-9/h6-7,9H,2-5,15H2,1H3. The Kier molecular flexibility index (Phi) is 4.09. The molecule has 0 saturated heterocycles. The Bertz CT molecular complexity index is 458. The average molecular weight is 270 g/mol. The Morgan fingerprint density at radius 2 is 2.22 bits per heavy atom. The van der Waals surface area contributed by atoms with Crippen LogP contribution in [-0.4, -0.2) is 25.5 Å². The number of carbonyl (C=O) groups excluding carboxylic acids is 1. The lowest BCUT2D eigenvalue weighted by atomic mass is 10.1. The van der Waals surface area contributed by atoms with Crippen LogP contribution in [0.5, 0.6) is 11.5 Å². The largest absolute Gasteiger partial charge is 0.493 e. The molecule has 0 aliphatic heterocycles. The van der Waals surface area contributed by atoms with Crippen molar-refractivity contribution in [1.29, 1.82) is 0 Å². The van der Waals surface area contributed by atoms with Gasteiger partial charge in [0, 0.05) is 12.0 Å². The van der Waals surface area contributed by atoms with E-state index in [4.69, 9.17) is 26.8 Å². The zero-order valence-corrected chi connectivity index (χ0v) is 11.0. The van der Waals surface area contributed by atoms with E-state index >= 15 is 0 Å². The first-order valence-electron chi connectivity index (χ1n) is 5.93. The molecule has 1 aliphatic rings. The van der Waals surface area contributed by atoms with Gasteiger partial charge in [0.25, 0.3) is 0 Å². The number of halogens is 1. The number of carbonyl (C=O) groups is 1. The third-order valence-corrected chi connectivity index (χ3v) is 3.01. The number of methoxy groups -OCH3 is 1. The van der Waals surface area contributed by atoms with Crippen molar-refractivity contribution in [2.45, 2.75) is 25.4 Å². The first-order valence-corrected chi connectivity index (χ1v) is 6.31. The number of Topliss-reactive ketones (excluding diaryl/α,β-unsaturated/α-hetero) is 1. The molecular weight excluding hydrogens is 254 g/mol. The van der Waals surface area contributed by atoms with Gasteiger partial charge < -0.3 is 15.2 Å². The molecule has 0 heterocycles. The van der Waals surface area contributed by atoms with E-state index in [0.717, 1.165) is 12.8 Å². The molecule has 98 valence electrons. The van der Waals surface area contributed by atoms with Crippen molar-refractivity contribution in [2.75, 3.05) is 13.7 Å². The van der Waals surface area contributed by atoms with Crippen LogP contribution in [0.2, 0.25) is 5.02 Å².